The summed E-state index contributed by atoms with van der Waals surface area (Å²) in [7, 11) is 0. The number of fused-ring (bicyclic) bond motifs is 18. The lowest BCUT2D eigenvalue weighted by atomic mass is 9.83. The predicted molar refractivity (Wildman–Crippen MR) is 188 cm³/mol. The zero-order valence-electron chi connectivity index (χ0n) is 29.0. The van der Waals surface area contributed by atoms with Crippen molar-refractivity contribution in [1.82, 2.24) is 5.32 Å². The van der Waals surface area contributed by atoms with Crippen LogP contribution in [-0.2, 0) is 14.4 Å². The summed E-state index contributed by atoms with van der Waals surface area (Å²) in [5.41, 5.74) is -1.36. The van der Waals surface area contributed by atoms with Crippen molar-refractivity contribution < 1.29 is 49.5 Å². The van der Waals surface area contributed by atoms with Crippen LogP contribution in [-0.4, -0.2) is 72.9 Å². The van der Waals surface area contributed by atoms with E-state index in [0.29, 0.717) is 5.57 Å². The van der Waals surface area contributed by atoms with Crippen molar-refractivity contribution in [3.63, 3.8) is 0 Å². The van der Waals surface area contributed by atoms with Gasteiger partial charge in [0.25, 0.3) is 5.78 Å². The first-order valence-electron chi connectivity index (χ1n) is 16.3. The Morgan fingerprint density at radius 1 is 0.820 bits per heavy atom. The highest BCUT2D eigenvalue weighted by Gasteiger charge is 2.39. The van der Waals surface area contributed by atoms with E-state index in [2.05, 4.69) is 5.32 Å². The highest BCUT2D eigenvalue weighted by molar-refractivity contribution is 6.53. The molecule has 2 aliphatic heterocycles. The van der Waals surface area contributed by atoms with Crippen molar-refractivity contribution in [2.24, 2.45) is 17.8 Å². The smallest absolute Gasteiger partial charge is 0.253 e. The van der Waals surface area contributed by atoms with Crippen LogP contribution in [0.25, 0.3) is 5.76 Å². The molecular weight excluding hydrogens is 646 g/mol. The molecule has 50 heavy (non-hydrogen) atoms. The number of rotatable bonds is 0. The second kappa shape index (κ2) is 17.1. The number of aliphatic hydroxyl groups excluding tert-OH is 4. The molecule has 11 heteroatoms. The molecule has 0 radical (unpaired) electrons. The summed E-state index contributed by atoms with van der Waals surface area (Å²) in [5, 5.41) is 56.2. The quantitative estimate of drug-likeness (QED) is 0.128. The van der Waals surface area contributed by atoms with Crippen LogP contribution in [0.15, 0.2) is 83.7 Å². The Bertz CT molecular complexity index is 1770. The molecule has 11 nitrogen and oxygen atoms in total. The van der Waals surface area contributed by atoms with Crippen LogP contribution in [0.2, 0.25) is 0 Å². The van der Waals surface area contributed by atoms with E-state index in [1.165, 1.54) is 44.2 Å². The topological polar surface area (TPSA) is 199 Å². The van der Waals surface area contributed by atoms with Crippen LogP contribution in [0.5, 0.6) is 5.75 Å². The van der Waals surface area contributed by atoms with Gasteiger partial charge in [-0.3, -0.25) is 24.0 Å². The number of carbonyl (C=O) groups is 5. The molecule has 0 aromatic heterocycles. The number of aromatic hydroxyl groups is 1. The fourth-order valence-electron chi connectivity index (χ4n) is 5.53. The summed E-state index contributed by atoms with van der Waals surface area (Å²) < 4.78 is 0. The van der Waals surface area contributed by atoms with Crippen molar-refractivity contribution in [2.45, 2.75) is 72.7 Å². The van der Waals surface area contributed by atoms with Gasteiger partial charge in [-0.25, -0.2) is 0 Å². The Morgan fingerprint density at radius 3 is 2.16 bits per heavy atom. The number of phenols is 1. The Kier molecular flexibility index (Phi) is 13.5. The van der Waals surface area contributed by atoms with Gasteiger partial charge in [-0.05, 0) is 50.0 Å². The largest absolute Gasteiger partial charge is 0.507 e. The van der Waals surface area contributed by atoms with Crippen LogP contribution >= 0.6 is 0 Å². The number of carbonyl (C=O) groups excluding carboxylic acids is 5. The molecule has 1 aromatic carbocycles. The molecule has 4 bridgehead atoms. The van der Waals surface area contributed by atoms with Gasteiger partial charge in [0.15, 0.2) is 17.3 Å². The Morgan fingerprint density at radius 2 is 1.48 bits per heavy atom. The molecule has 0 fully saturated rings. The third kappa shape index (κ3) is 9.38. The molecule has 6 atom stereocenters. The SMILES string of the molecule is C/C1=C/C[C@H](O)/C=C\[C@H](C)[C@H](O)[C@@H](C)/C=C(\C)C(=O)c2c(O)c(C)cc3c2C(=O)C(=[18O])C(=C3[18OH])NC(=O)\C=C/C=C/C=C\[C@H](C)[C@@H](O)CC1=O. The predicted octanol–water partition coefficient (Wildman–Crippen LogP) is 4.46. The van der Waals surface area contributed by atoms with Crippen LogP contribution in [0.4, 0.5) is 0 Å². The molecule has 0 unspecified atom stereocenters. The first kappa shape index (κ1) is 39.5. The third-order valence-electron chi connectivity index (χ3n) is 8.81. The van der Waals surface area contributed by atoms with Crippen molar-refractivity contribution in [2.75, 3.05) is 0 Å². The number of allylic oxidation sites excluding steroid dienone is 7. The number of hydrogen-bond acceptors (Lipinski definition) is 10. The van der Waals surface area contributed by atoms with Crippen molar-refractivity contribution in [1.29, 1.82) is 0 Å². The lowest BCUT2D eigenvalue weighted by Crippen LogP contribution is -2.35. The van der Waals surface area contributed by atoms with Gasteiger partial charge in [0.05, 0.1) is 29.4 Å². The van der Waals surface area contributed by atoms with Crippen LogP contribution in [0.3, 0.4) is 0 Å². The first-order chi connectivity index (χ1) is 23.5. The highest BCUT2D eigenvalue weighted by atomic mass is 18.2. The van der Waals surface area contributed by atoms with Gasteiger partial charge in [0.2, 0.25) is 11.7 Å². The number of ketones is 4. The lowest BCUT2D eigenvalue weighted by Gasteiger charge is -2.23. The average molecular weight is 692 g/mol. The summed E-state index contributed by atoms with van der Waals surface area (Å²) in [5.74, 6) is -7.27. The van der Waals surface area contributed by atoms with E-state index >= 15 is 0 Å². The minimum Gasteiger partial charge on any atom is -0.507 e. The Hall–Kier alpha value is -4.97. The van der Waals surface area contributed by atoms with Crippen LogP contribution in [0, 0.1) is 24.7 Å². The van der Waals surface area contributed by atoms with Crippen molar-refractivity contribution in [3.8, 4) is 5.75 Å². The van der Waals surface area contributed by atoms with Gasteiger partial charge in [-0.2, -0.15) is 0 Å². The number of Topliss-reactive ketones (excluding diaryl/α,β-unsaturated/α-hetero) is 4. The third-order valence-corrected chi connectivity index (χ3v) is 8.81. The lowest BCUT2D eigenvalue weighted by molar-refractivity contribution is -0.118. The van der Waals surface area contributed by atoms with Crippen LogP contribution in [0.1, 0.15) is 79.3 Å². The van der Waals surface area contributed by atoms with Crippen LogP contribution < -0.4 is 5.32 Å². The molecule has 266 valence electrons. The number of phenolic OH excluding ortho intramolecular Hbond substituents is 1. The normalized spacial score (nSPS) is 31.3. The van der Waals surface area contributed by atoms with E-state index in [0.717, 1.165) is 6.08 Å². The second-order valence-corrected chi connectivity index (χ2v) is 12.9. The zero-order chi connectivity index (χ0) is 37.4. The molecule has 0 spiro atoms. The summed E-state index contributed by atoms with van der Waals surface area (Å²) >= 11 is 0. The fraction of sp³-hybridized carbons (Fsp3) is 0.359. The van der Waals surface area contributed by atoms with Gasteiger partial charge in [-0.15, -0.1) is 0 Å². The number of benzene rings is 1. The molecule has 3 aliphatic rings. The molecule has 0 saturated heterocycles. The Labute approximate surface area is 291 Å². The monoisotopic (exact) mass is 691 g/mol. The van der Waals surface area contributed by atoms with Gasteiger partial charge >= 0.3 is 0 Å². The Balaban J connectivity index is 2.07. The number of hydrogen-bond donors (Lipinski definition) is 6. The van der Waals surface area contributed by atoms with E-state index in [9.17, 15) is 49.5 Å². The fourth-order valence-corrected chi connectivity index (χ4v) is 5.53. The van der Waals surface area contributed by atoms with Gasteiger partial charge in [-0.1, -0.05) is 75.5 Å². The van der Waals surface area contributed by atoms with E-state index in [1.807, 2.05) is 0 Å². The second-order valence-electron chi connectivity index (χ2n) is 12.9. The molecular formula is C39H45NO10. The van der Waals surface area contributed by atoms with Gasteiger partial charge in [0, 0.05) is 35.8 Å². The maximum atomic E-state index is 13.7. The highest BCUT2D eigenvalue weighted by Crippen LogP contribution is 2.37. The number of aryl methyl sites for hydroxylation is 1. The molecule has 0 saturated carbocycles. The maximum Gasteiger partial charge on any atom is 0.253 e. The van der Waals surface area contributed by atoms with E-state index in [4.69, 9.17) is 0 Å². The number of nitrogens with one attached hydrogen (secondary N) is 1. The maximum absolute atomic E-state index is 13.7. The van der Waals surface area contributed by atoms with Gasteiger partial charge in [0.1, 0.15) is 11.4 Å². The number of aliphatic hydroxyl groups is 4. The van der Waals surface area contributed by atoms with Crippen molar-refractivity contribution >= 4 is 34.8 Å². The van der Waals surface area contributed by atoms with E-state index in [1.54, 1.807) is 58.1 Å². The van der Waals surface area contributed by atoms with E-state index in [-0.39, 0.29) is 35.3 Å². The summed E-state index contributed by atoms with van der Waals surface area (Å²) in [4.78, 5) is 65.5. The summed E-state index contributed by atoms with van der Waals surface area (Å²) in [6, 6.07) is 1.23. The van der Waals surface area contributed by atoms with Crippen molar-refractivity contribution in [3.05, 3.63) is 106 Å². The average Bonchev–Trinajstić information content (AvgIpc) is 3.07. The van der Waals surface area contributed by atoms with Gasteiger partial charge < -0.3 is 30.8 Å². The molecule has 1 aromatic rings. The zero-order valence-corrected chi connectivity index (χ0v) is 29.0. The first-order valence-corrected chi connectivity index (χ1v) is 16.3. The molecule has 1 aliphatic carbocycles. The molecule has 2 heterocycles. The summed E-state index contributed by atoms with van der Waals surface area (Å²) in [6.45, 7) is 9.57. The standard InChI is InChI=1S/C39H45NO10/c1-20-11-9-7-8-10-12-30(44)40-33-37(48)27-18-25(6)36(47)32(31(27)38(49)39(33)50)35(46)24(5)17-23(4)34(45)22(3)14-16-26(41)15-13-21(2)29(43)19-28(20)42/h7-14,16-18,20,22-23,26,28,34,41-42,45,47-48H,15,19H2,1-6H3,(H,40,44)/b8-7+,11-9-,12-10-,16-14-,21-13-,24-17+/t20-,22-,23-,26-,28-,34-/m0/s1/i48+2,50+2. The molecule has 6 N–H and O–H groups in total. The minimum absolute atomic E-state index is 0.0421. The minimum atomic E-state index is -1.29. The van der Waals surface area contributed by atoms with E-state index < -0.39 is 87.7 Å². The number of amides is 1. The summed E-state index contributed by atoms with van der Waals surface area (Å²) in [6.07, 6.45) is 11.9. The molecule has 1 amide bonds. The molecule has 4 rings (SSSR count).